The summed E-state index contributed by atoms with van der Waals surface area (Å²) in [5.74, 6) is -3.30. The lowest BCUT2D eigenvalue weighted by Crippen LogP contribution is -2.70. The highest BCUT2D eigenvalue weighted by molar-refractivity contribution is 8.13. The van der Waals surface area contributed by atoms with Crippen LogP contribution in [0.4, 0.5) is 13.2 Å². The van der Waals surface area contributed by atoms with Crippen molar-refractivity contribution < 1.29 is 37.4 Å². The summed E-state index contributed by atoms with van der Waals surface area (Å²) in [5.41, 5.74) is -6.84. The van der Waals surface area contributed by atoms with E-state index in [9.17, 15) is 23.9 Å². The lowest BCUT2D eigenvalue weighted by molar-refractivity contribution is -0.228. The molecule has 34 heavy (non-hydrogen) atoms. The second kappa shape index (κ2) is 8.22. The smallest absolute Gasteiger partial charge is 0.306 e. The van der Waals surface area contributed by atoms with E-state index in [-0.39, 0.29) is 31.3 Å². The molecule has 0 aromatic heterocycles. The molecule has 4 aliphatic rings. The number of carbonyl (C=O) groups excluding carboxylic acids is 3. The zero-order chi connectivity index (χ0) is 25.3. The van der Waals surface area contributed by atoms with E-state index >= 15 is 8.78 Å². The lowest BCUT2D eigenvalue weighted by atomic mass is 9.44. The van der Waals surface area contributed by atoms with Gasteiger partial charge < -0.3 is 9.84 Å². The van der Waals surface area contributed by atoms with Crippen molar-refractivity contribution in [3.63, 3.8) is 0 Å². The van der Waals surface area contributed by atoms with Crippen molar-refractivity contribution in [3.05, 3.63) is 23.8 Å². The van der Waals surface area contributed by atoms with E-state index in [2.05, 4.69) is 0 Å². The van der Waals surface area contributed by atoms with Gasteiger partial charge >= 0.3 is 5.97 Å². The maximum Gasteiger partial charge on any atom is 0.306 e. The minimum absolute atomic E-state index is 0.0141. The van der Waals surface area contributed by atoms with Crippen LogP contribution < -0.4 is 0 Å². The lowest BCUT2D eigenvalue weighted by Gasteiger charge is -2.63. The number of ketones is 1. The summed E-state index contributed by atoms with van der Waals surface area (Å²) in [4.78, 5) is 37.8. The number of carbonyl (C=O) groups is 3. The molecule has 0 bridgehead atoms. The first-order chi connectivity index (χ1) is 15.8. The molecule has 0 amide bonds. The molecule has 0 heterocycles. The van der Waals surface area contributed by atoms with E-state index in [0.29, 0.717) is 11.8 Å². The number of thioether (sulfide) groups is 1. The summed E-state index contributed by atoms with van der Waals surface area (Å²) < 4.78 is 51.8. The van der Waals surface area contributed by atoms with Crippen LogP contribution in [-0.2, 0) is 19.1 Å². The van der Waals surface area contributed by atoms with Crippen molar-refractivity contribution in [2.45, 2.75) is 76.9 Å². The van der Waals surface area contributed by atoms with Gasteiger partial charge in [0, 0.05) is 29.1 Å². The fraction of sp³-hybridized carbons (Fsp3) is 0.720. The second-order valence-corrected chi connectivity index (χ2v) is 11.5. The number of aliphatic hydroxyl groups excluding tert-OH is 1. The molecule has 9 heteroatoms. The average molecular weight is 501 g/mol. The van der Waals surface area contributed by atoms with Gasteiger partial charge in [-0.2, -0.15) is 0 Å². The fourth-order valence-corrected chi connectivity index (χ4v) is 8.42. The Kier molecular flexibility index (Phi) is 6.16. The van der Waals surface area contributed by atoms with Gasteiger partial charge in [-0.25, -0.2) is 13.2 Å². The Morgan fingerprint density at radius 3 is 2.56 bits per heavy atom. The van der Waals surface area contributed by atoms with Crippen LogP contribution in [-0.4, -0.2) is 51.5 Å². The van der Waals surface area contributed by atoms with Gasteiger partial charge in [0.2, 0.25) is 5.12 Å². The maximum atomic E-state index is 17.2. The summed E-state index contributed by atoms with van der Waals surface area (Å²) in [6.07, 6.45) is 0.160. The molecule has 0 aromatic carbocycles. The van der Waals surface area contributed by atoms with Crippen molar-refractivity contribution in [3.8, 4) is 0 Å². The van der Waals surface area contributed by atoms with Crippen molar-refractivity contribution in [2.24, 2.45) is 28.6 Å². The molecule has 188 valence electrons. The number of ether oxygens (including phenoxy) is 1. The summed E-state index contributed by atoms with van der Waals surface area (Å²) in [6.45, 7) is 6.45. The molecule has 0 radical (unpaired) electrons. The molecular weight excluding hydrogens is 469 g/mol. The van der Waals surface area contributed by atoms with Crippen molar-refractivity contribution >= 4 is 28.6 Å². The normalized spacial score (nSPS) is 47.4. The Morgan fingerprint density at radius 2 is 1.94 bits per heavy atom. The molecule has 0 saturated heterocycles. The Bertz CT molecular complexity index is 984. The molecule has 1 N–H and O–H groups in total. The number of alkyl halides is 3. The molecule has 3 fully saturated rings. The van der Waals surface area contributed by atoms with Gasteiger partial charge in [-0.05, 0) is 61.6 Å². The van der Waals surface area contributed by atoms with Crippen LogP contribution in [0.5, 0.6) is 0 Å². The molecule has 9 atom stereocenters. The maximum absolute atomic E-state index is 17.2. The zero-order valence-corrected chi connectivity index (χ0v) is 20.6. The molecule has 0 aliphatic heterocycles. The van der Waals surface area contributed by atoms with Crippen LogP contribution in [0.1, 0.15) is 53.4 Å². The number of aliphatic hydroxyl groups is 1. The highest BCUT2D eigenvalue weighted by Crippen LogP contribution is 2.72. The molecule has 4 aliphatic carbocycles. The SMILES string of the molecule is CCC(=O)O[C@]1(C(=O)SCF)[C@H](C)C[C@@H]2[C@@H]3C[C@H](F)C4=CC(=O)C=C[C@]4(C)[C@@]3(F)C(O)C[C@]21C. The van der Waals surface area contributed by atoms with E-state index in [0.717, 1.165) is 6.08 Å². The third-order valence-electron chi connectivity index (χ3n) is 9.22. The van der Waals surface area contributed by atoms with E-state index in [1.807, 2.05) is 0 Å². The van der Waals surface area contributed by atoms with Gasteiger partial charge in [0.05, 0.1) is 6.10 Å². The molecule has 0 spiro atoms. The number of hydrogen-bond acceptors (Lipinski definition) is 6. The van der Waals surface area contributed by atoms with Gasteiger partial charge in [-0.3, -0.25) is 14.4 Å². The fourth-order valence-electron chi connectivity index (χ4n) is 7.63. The van der Waals surface area contributed by atoms with E-state index < -0.39 is 75.0 Å². The summed E-state index contributed by atoms with van der Waals surface area (Å²) in [6, 6.07) is -1.02. The van der Waals surface area contributed by atoms with Crippen LogP contribution in [0.2, 0.25) is 0 Å². The second-order valence-electron chi connectivity index (χ2n) is 10.6. The molecular formula is C25H31F3O5S. The quantitative estimate of drug-likeness (QED) is 0.576. The topological polar surface area (TPSA) is 80.7 Å². The largest absolute Gasteiger partial charge is 0.449 e. The van der Waals surface area contributed by atoms with E-state index in [1.54, 1.807) is 20.8 Å². The van der Waals surface area contributed by atoms with E-state index in [4.69, 9.17) is 4.74 Å². The van der Waals surface area contributed by atoms with Crippen LogP contribution in [0.15, 0.2) is 23.8 Å². The summed E-state index contributed by atoms with van der Waals surface area (Å²) in [5, 5.41) is 10.7. The minimum Gasteiger partial charge on any atom is -0.449 e. The van der Waals surface area contributed by atoms with Crippen molar-refractivity contribution in [2.75, 3.05) is 6.01 Å². The highest BCUT2D eigenvalue weighted by atomic mass is 32.2. The third-order valence-corrected chi connectivity index (χ3v) is 9.90. The molecule has 3 saturated carbocycles. The van der Waals surface area contributed by atoms with Crippen LogP contribution in [0.25, 0.3) is 0 Å². The third kappa shape index (κ3) is 3.01. The van der Waals surface area contributed by atoms with Crippen LogP contribution in [0.3, 0.4) is 0 Å². The predicted octanol–water partition coefficient (Wildman–Crippen LogP) is 4.43. The molecule has 5 nitrogen and oxygen atoms in total. The highest BCUT2D eigenvalue weighted by Gasteiger charge is 2.78. The number of esters is 1. The van der Waals surface area contributed by atoms with Gasteiger partial charge in [-0.15, -0.1) is 0 Å². The number of hydrogen-bond donors (Lipinski definition) is 1. The van der Waals surface area contributed by atoms with Crippen molar-refractivity contribution in [1.29, 1.82) is 0 Å². The van der Waals surface area contributed by atoms with E-state index in [1.165, 1.54) is 19.1 Å². The Labute approximate surface area is 201 Å². The zero-order valence-electron chi connectivity index (χ0n) is 19.8. The minimum atomic E-state index is -2.30. The number of halogens is 3. The summed E-state index contributed by atoms with van der Waals surface area (Å²) >= 11 is 0.396. The first kappa shape index (κ1) is 25.5. The number of rotatable bonds is 4. The van der Waals surface area contributed by atoms with Gasteiger partial charge in [0.15, 0.2) is 17.1 Å². The Morgan fingerprint density at radius 1 is 1.26 bits per heavy atom. The standard InChI is InChI=1S/C25H31F3O5S/c1-5-20(31)33-25(21(32)34-12-26)13(2)8-15-16-10-18(27)17-9-14(29)6-7-22(17,3)24(16,28)19(30)11-23(15,25)4/h6-7,9,13,15-16,18-19,30H,5,8,10-12H2,1-4H3/t13-,15-,16+,18+,19?,22+,23-,24+,25+/m1/s1. The van der Waals surface area contributed by atoms with Crippen LogP contribution in [0, 0.1) is 28.6 Å². The van der Waals surface area contributed by atoms with Gasteiger partial charge in [-0.1, -0.05) is 26.8 Å². The average Bonchev–Trinajstić information content (AvgIpc) is 2.99. The van der Waals surface area contributed by atoms with Gasteiger partial charge in [0.1, 0.15) is 12.2 Å². The Balaban J connectivity index is 1.87. The number of fused-ring (bicyclic) bond motifs is 5. The summed E-state index contributed by atoms with van der Waals surface area (Å²) in [7, 11) is 0. The first-order valence-corrected chi connectivity index (χ1v) is 12.7. The molecule has 1 unspecified atom stereocenters. The monoisotopic (exact) mass is 500 g/mol. The number of allylic oxidation sites excluding steroid dienone is 4. The molecule has 4 rings (SSSR count). The predicted molar refractivity (Wildman–Crippen MR) is 121 cm³/mol. The first-order valence-electron chi connectivity index (χ1n) is 11.7. The molecule has 0 aromatic rings. The van der Waals surface area contributed by atoms with Crippen molar-refractivity contribution in [1.82, 2.24) is 0 Å². The Hall–Kier alpha value is -1.61. The van der Waals surface area contributed by atoms with Crippen LogP contribution >= 0.6 is 11.8 Å². The van der Waals surface area contributed by atoms with Gasteiger partial charge in [0.25, 0.3) is 0 Å².